The fourth-order valence-electron chi connectivity index (χ4n) is 3.40. The molecule has 4 aromatic rings. The van der Waals surface area contributed by atoms with Crippen LogP contribution >= 0.6 is 0 Å². The molecule has 6 nitrogen and oxygen atoms in total. The van der Waals surface area contributed by atoms with Gasteiger partial charge in [-0.15, -0.1) is 0 Å². The van der Waals surface area contributed by atoms with Gasteiger partial charge in [0.25, 0.3) is 11.5 Å². The number of para-hydroxylation sites is 1. The minimum Gasteiger partial charge on any atom is -0.322 e. The molecule has 6 heteroatoms. The summed E-state index contributed by atoms with van der Waals surface area (Å²) < 4.78 is 2.91. The Bertz CT molecular complexity index is 1350. The first-order valence-corrected chi connectivity index (χ1v) is 9.65. The van der Waals surface area contributed by atoms with E-state index in [1.807, 2.05) is 61.5 Å². The van der Waals surface area contributed by atoms with E-state index in [2.05, 4.69) is 16.9 Å². The van der Waals surface area contributed by atoms with E-state index in [0.29, 0.717) is 16.5 Å². The molecule has 0 spiro atoms. The first-order valence-electron chi connectivity index (χ1n) is 9.65. The summed E-state index contributed by atoms with van der Waals surface area (Å²) in [4.78, 5) is 25.1. The molecule has 2 aromatic carbocycles. The molecular weight excluding hydrogens is 376 g/mol. The van der Waals surface area contributed by atoms with Crippen LogP contribution in [0, 0.1) is 11.8 Å². The quantitative estimate of drug-likeness (QED) is 0.540. The van der Waals surface area contributed by atoms with Crippen molar-refractivity contribution in [1.29, 1.82) is 0 Å². The number of aryl methyl sites for hydroxylation is 1. The number of nitrogens with two attached hydrogens (primary N) is 1. The normalized spacial score (nSPS) is 10.6. The van der Waals surface area contributed by atoms with Crippen LogP contribution in [-0.4, -0.2) is 26.8 Å². The van der Waals surface area contributed by atoms with Gasteiger partial charge in [0.1, 0.15) is 0 Å². The Kier molecular flexibility index (Phi) is 5.29. The van der Waals surface area contributed by atoms with Gasteiger partial charge < -0.3 is 5.73 Å². The molecule has 2 heterocycles. The van der Waals surface area contributed by atoms with Crippen molar-refractivity contribution in [2.75, 3.05) is 6.54 Å². The van der Waals surface area contributed by atoms with E-state index in [1.54, 1.807) is 4.57 Å². The lowest BCUT2D eigenvalue weighted by atomic mass is 10.0. The van der Waals surface area contributed by atoms with E-state index in [1.165, 1.54) is 17.1 Å². The van der Waals surface area contributed by atoms with Crippen LogP contribution in [0.4, 0.5) is 0 Å². The largest absolute Gasteiger partial charge is 0.322 e. The van der Waals surface area contributed by atoms with Crippen molar-refractivity contribution in [2.24, 2.45) is 5.73 Å². The van der Waals surface area contributed by atoms with Gasteiger partial charge in [-0.05, 0) is 36.1 Å². The number of hydrogen-bond acceptors (Lipinski definition) is 4. The average Bonchev–Trinajstić information content (AvgIpc) is 3.26. The summed E-state index contributed by atoms with van der Waals surface area (Å²) in [5.41, 5.74) is 8.22. The van der Waals surface area contributed by atoms with Crippen molar-refractivity contribution in [3.63, 3.8) is 0 Å². The highest BCUT2D eigenvalue weighted by Crippen LogP contribution is 2.19. The van der Waals surface area contributed by atoms with Gasteiger partial charge in [0.05, 0.1) is 23.7 Å². The molecule has 30 heavy (non-hydrogen) atoms. The molecule has 0 bridgehead atoms. The van der Waals surface area contributed by atoms with E-state index in [-0.39, 0.29) is 18.0 Å². The summed E-state index contributed by atoms with van der Waals surface area (Å²) >= 11 is 0. The number of rotatable bonds is 3. The van der Waals surface area contributed by atoms with Gasteiger partial charge in [-0.25, -0.2) is 4.68 Å². The number of pyridine rings is 1. The van der Waals surface area contributed by atoms with E-state index in [4.69, 9.17) is 5.73 Å². The van der Waals surface area contributed by atoms with Crippen molar-refractivity contribution < 1.29 is 4.79 Å². The lowest BCUT2D eigenvalue weighted by Gasteiger charge is -2.14. The van der Waals surface area contributed by atoms with Gasteiger partial charge in [0, 0.05) is 23.1 Å². The maximum Gasteiger partial charge on any atom is 0.264 e. The lowest BCUT2D eigenvalue weighted by Crippen LogP contribution is -2.22. The van der Waals surface area contributed by atoms with Gasteiger partial charge >= 0.3 is 0 Å². The van der Waals surface area contributed by atoms with Crippen LogP contribution in [0.25, 0.3) is 16.5 Å². The minimum atomic E-state index is -0.314. The third-order valence-corrected chi connectivity index (χ3v) is 4.85. The van der Waals surface area contributed by atoms with Gasteiger partial charge in [-0.1, -0.05) is 49.1 Å². The molecule has 0 atom stereocenters. The van der Waals surface area contributed by atoms with Crippen LogP contribution in [0.3, 0.4) is 0 Å². The van der Waals surface area contributed by atoms with Crippen molar-refractivity contribution in [1.82, 2.24) is 14.3 Å². The maximum atomic E-state index is 13.5. The van der Waals surface area contributed by atoms with E-state index in [9.17, 15) is 9.59 Å². The number of fused-ring (bicyclic) bond motifs is 1. The fourth-order valence-corrected chi connectivity index (χ4v) is 3.40. The SMILES string of the molecule is CCc1cc2cccc(C#Cc3cnn(C(=O)CN)c3)c2c(=O)n1-c1ccccc1. The highest BCUT2D eigenvalue weighted by Gasteiger charge is 2.12. The molecule has 148 valence electrons. The summed E-state index contributed by atoms with van der Waals surface area (Å²) in [6.45, 7) is 1.90. The van der Waals surface area contributed by atoms with E-state index < -0.39 is 0 Å². The Morgan fingerprint density at radius 1 is 1.10 bits per heavy atom. The minimum absolute atomic E-state index is 0.102. The second-order valence-corrected chi connectivity index (χ2v) is 6.76. The molecular formula is C24H20N4O2. The lowest BCUT2D eigenvalue weighted by molar-refractivity contribution is 0.0908. The van der Waals surface area contributed by atoms with E-state index in [0.717, 1.165) is 23.2 Å². The number of aromatic nitrogens is 3. The molecule has 4 rings (SSSR count). The number of benzene rings is 2. The zero-order valence-electron chi connectivity index (χ0n) is 16.5. The second kappa shape index (κ2) is 8.19. The molecule has 0 aliphatic carbocycles. The summed E-state index contributed by atoms with van der Waals surface area (Å²) in [7, 11) is 0. The van der Waals surface area contributed by atoms with Crippen LogP contribution in [0.2, 0.25) is 0 Å². The van der Waals surface area contributed by atoms with Crippen molar-refractivity contribution in [2.45, 2.75) is 13.3 Å². The van der Waals surface area contributed by atoms with Gasteiger partial charge in [0.15, 0.2) is 0 Å². The predicted molar refractivity (Wildman–Crippen MR) is 117 cm³/mol. The summed E-state index contributed by atoms with van der Waals surface area (Å²) in [5, 5.41) is 5.39. The molecule has 0 radical (unpaired) electrons. The monoisotopic (exact) mass is 396 g/mol. The van der Waals surface area contributed by atoms with E-state index >= 15 is 0 Å². The highest BCUT2D eigenvalue weighted by atomic mass is 16.2. The summed E-state index contributed by atoms with van der Waals surface area (Å²) in [6.07, 6.45) is 3.76. The molecule has 0 aliphatic rings. The third kappa shape index (κ3) is 3.54. The van der Waals surface area contributed by atoms with Crippen molar-refractivity contribution >= 4 is 16.7 Å². The van der Waals surface area contributed by atoms with Gasteiger partial charge in [0.2, 0.25) is 0 Å². The number of nitrogens with zero attached hydrogens (tertiary/aromatic N) is 3. The van der Waals surface area contributed by atoms with Gasteiger partial charge in [-0.3, -0.25) is 14.2 Å². The summed E-state index contributed by atoms with van der Waals surface area (Å²) in [5.74, 6) is 5.75. The first kappa shape index (κ1) is 19.4. The molecule has 0 saturated carbocycles. The zero-order chi connectivity index (χ0) is 21.1. The molecule has 0 fully saturated rings. The molecule has 0 saturated heterocycles. The van der Waals surface area contributed by atoms with Crippen LogP contribution in [0.5, 0.6) is 0 Å². The van der Waals surface area contributed by atoms with Crippen LogP contribution in [-0.2, 0) is 6.42 Å². The second-order valence-electron chi connectivity index (χ2n) is 6.76. The maximum absolute atomic E-state index is 13.5. The topological polar surface area (TPSA) is 82.9 Å². The van der Waals surface area contributed by atoms with Crippen molar-refractivity contribution in [3.8, 4) is 17.5 Å². The first-order chi connectivity index (χ1) is 14.6. The molecule has 2 N–H and O–H groups in total. The Balaban J connectivity index is 1.88. The molecule has 0 unspecified atom stereocenters. The number of carbonyl (C=O) groups is 1. The average molecular weight is 396 g/mol. The number of carbonyl (C=O) groups excluding carboxylic acids is 1. The highest BCUT2D eigenvalue weighted by molar-refractivity contribution is 5.88. The summed E-state index contributed by atoms with van der Waals surface area (Å²) in [6, 6.07) is 17.3. The number of hydrogen-bond donors (Lipinski definition) is 1. The van der Waals surface area contributed by atoms with Gasteiger partial charge in [-0.2, -0.15) is 5.10 Å². The van der Waals surface area contributed by atoms with Crippen LogP contribution < -0.4 is 11.3 Å². The standard InChI is InChI=1S/C24H20N4O2/c1-2-20-13-19-8-6-7-18(12-11-17-15-26-27(16-17)22(29)14-25)23(19)24(30)28(20)21-9-4-3-5-10-21/h3-10,13,15-16H,2,14,25H2,1H3. The Morgan fingerprint density at radius 2 is 1.90 bits per heavy atom. The Morgan fingerprint density at radius 3 is 2.63 bits per heavy atom. The predicted octanol–water partition coefficient (Wildman–Crippen LogP) is 2.75. The van der Waals surface area contributed by atoms with Crippen LogP contribution in [0.15, 0.2) is 71.8 Å². The van der Waals surface area contributed by atoms with Crippen LogP contribution in [0.1, 0.15) is 28.5 Å². The zero-order valence-corrected chi connectivity index (χ0v) is 16.5. The van der Waals surface area contributed by atoms with Crippen molar-refractivity contribution in [3.05, 3.63) is 94.2 Å². The molecule has 0 aliphatic heterocycles. The third-order valence-electron chi connectivity index (χ3n) is 4.85. The molecule has 0 amide bonds. The molecule has 2 aromatic heterocycles. The Hall–Kier alpha value is -3.95. The fraction of sp³-hybridized carbons (Fsp3) is 0.125. The smallest absolute Gasteiger partial charge is 0.264 e. The Labute approximate surface area is 173 Å².